The van der Waals surface area contributed by atoms with Crippen molar-refractivity contribution in [3.8, 4) is 0 Å². The highest BCUT2D eigenvalue weighted by Gasteiger charge is 2.21. The molecule has 6 nitrogen and oxygen atoms in total. The van der Waals surface area contributed by atoms with Crippen LogP contribution >= 0.6 is 0 Å². The van der Waals surface area contributed by atoms with Gasteiger partial charge >= 0.3 is 5.97 Å². The second-order valence-corrected chi connectivity index (χ2v) is 4.21. The molecule has 2 rings (SSSR count). The molecule has 1 unspecified atom stereocenters. The van der Waals surface area contributed by atoms with Crippen LogP contribution in [0.15, 0.2) is 4.42 Å². The first-order chi connectivity index (χ1) is 8.70. The number of nitrogens with two attached hydrogens (primary N) is 1. The number of anilines is 1. The van der Waals surface area contributed by atoms with Crippen LogP contribution in [-0.2, 0) is 15.9 Å². The first kappa shape index (κ1) is 12.9. The van der Waals surface area contributed by atoms with Gasteiger partial charge in [0.05, 0.1) is 12.7 Å². The van der Waals surface area contributed by atoms with E-state index in [-0.39, 0.29) is 24.3 Å². The molecule has 0 amide bonds. The van der Waals surface area contributed by atoms with Crippen molar-refractivity contribution < 1.29 is 18.7 Å². The lowest BCUT2D eigenvalue weighted by Crippen LogP contribution is -2.08. The van der Waals surface area contributed by atoms with Crippen LogP contribution in [0.2, 0.25) is 0 Å². The molecule has 1 saturated heterocycles. The van der Waals surface area contributed by atoms with Crippen LogP contribution in [0.25, 0.3) is 0 Å². The van der Waals surface area contributed by atoms with Gasteiger partial charge in [-0.15, -0.1) is 0 Å². The quantitative estimate of drug-likeness (QED) is 0.802. The molecule has 1 aliphatic heterocycles. The molecule has 1 aliphatic rings. The van der Waals surface area contributed by atoms with Crippen molar-refractivity contribution in [1.29, 1.82) is 0 Å². The predicted octanol–water partition coefficient (Wildman–Crippen LogP) is 1.55. The van der Waals surface area contributed by atoms with Crippen LogP contribution in [0.5, 0.6) is 0 Å². The lowest BCUT2D eigenvalue weighted by atomic mass is 10.1. The molecule has 2 heterocycles. The average Bonchev–Trinajstić information content (AvgIpc) is 2.96. The Bertz CT molecular complexity index is 410. The topological polar surface area (TPSA) is 87.6 Å². The summed E-state index contributed by atoms with van der Waals surface area (Å²) >= 11 is 0. The Hall–Kier alpha value is -1.56. The van der Waals surface area contributed by atoms with Crippen LogP contribution in [0, 0.1) is 0 Å². The van der Waals surface area contributed by atoms with E-state index in [9.17, 15) is 4.79 Å². The highest BCUT2D eigenvalue weighted by molar-refractivity contribution is 5.91. The summed E-state index contributed by atoms with van der Waals surface area (Å²) in [7, 11) is 0. The second kappa shape index (κ2) is 5.86. The summed E-state index contributed by atoms with van der Waals surface area (Å²) in [6.45, 7) is 2.84. The van der Waals surface area contributed by atoms with E-state index in [4.69, 9.17) is 19.6 Å². The number of hydrogen-bond acceptors (Lipinski definition) is 6. The molecular weight excluding hydrogens is 236 g/mol. The van der Waals surface area contributed by atoms with Gasteiger partial charge in [-0.05, 0) is 26.2 Å². The molecule has 18 heavy (non-hydrogen) atoms. The molecule has 0 aliphatic carbocycles. The minimum atomic E-state index is -0.540. The number of esters is 1. The molecule has 2 N–H and O–H groups in total. The van der Waals surface area contributed by atoms with Crippen LogP contribution in [0.1, 0.15) is 42.6 Å². The fourth-order valence-corrected chi connectivity index (χ4v) is 1.99. The maximum atomic E-state index is 11.5. The van der Waals surface area contributed by atoms with E-state index in [1.54, 1.807) is 6.92 Å². The maximum Gasteiger partial charge on any atom is 0.362 e. The minimum Gasteiger partial charge on any atom is -0.461 e. The third-order valence-electron chi connectivity index (χ3n) is 2.87. The van der Waals surface area contributed by atoms with Crippen LogP contribution in [0.3, 0.4) is 0 Å². The number of nitrogens with zero attached hydrogens (tertiary/aromatic N) is 1. The standard InChI is InChI=1S/C12H18N2O4/c1-2-16-12(15)10-11(13)18-9(14-10)6-5-8-4-3-7-17-8/h8H,2-7,13H2,1H3. The highest BCUT2D eigenvalue weighted by atomic mass is 16.5. The largest absolute Gasteiger partial charge is 0.461 e. The van der Waals surface area contributed by atoms with E-state index in [0.717, 1.165) is 25.9 Å². The average molecular weight is 254 g/mol. The van der Waals surface area contributed by atoms with E-state index >= 15 is 0 Å². The van der Waals surface area contributed by atoms with Crippen molar-refractivity contribution in [1.82, 2.24) is 4.98 Å². The molecule has 0 spiro atoms. The monoisotopic (exact) mass is 254 g/mol. The normalized spacial score (nSPS) is 19.1. The predicted molar refractivity (Wildman–Crippen MR) is 64.2 cm³/mol. The molecule has 0 aromatic carbocycles. The van der Waals surface area contributed by atoms with Gasteiger partial charge in [-0.3, -0.25) is 0 Å². The van der Waals surface area contributed by atoms with Gasteiger partial charge in [0.15, 0.2) is 5.89 Å². The van der Waals surface area contributed by atoms with Crippen molar-refractivity contribution in [2.45, 2.75) is 38.7 Å². The Kier molecular flexibility index (Phi) is 4.19. The van der Waals surface area contributed by atoms with Crippen molar-refractivity contribution in [3.05, 3.63) is 11.6 Å². The number of oxazole rings is 1. The zero-order chi connectivity index (χ0) is 13.0. The molecular formula is C12H18N2O4. The fraction of sp³-hybridized carbons (Fsp3) is 0.667. The van der Waals surface area contributed by atoms with Crippen LogP contribution < -0.4 is 5.73 Å². The number of aryl methyl sites for hydroxylation is 1. The van der Waals surface area contributed by atoms with Crippen LogP contribution in [-0.4, -0.2) is 30.3 Å². The Balaban J connectivity index is 1.93. The Morgan fingerprint density at radius 1 is 1.61 bits per heavy atom. The minimum absolute atomic E-state index is 0.0239. The molecule has 0 radical (unpaired) electrons. The Labute approximate surface area is 105 Å². The smallest absolute Gasteiger partial charge is 0.362 e. The summed E-state index contributed by atoms with van der Waals surface area (Å²) in [5, 5.41) is 0. The molecule has 1 aromatic rings. The van der Waals surface area contributed by atoms with Gasteiger partial charge in [-0.2, -0.15) is 0 Å². The summed E-state index contributed by atoms with van der Waals surface area (Å²) in [5.41, 5.74) is 5.66. The molecule has 1 aromatic heterocycles. The number of hydrogen-bond donors (Lipinski definition) is 1. The first-order valence-electron chi connectivity index (χ1n) is 6.24. The Morgan fingerprint density at radius 3 is 3.11 bits per heavy atom. The summed E-state index contributed by atoms with van der Waals surface area (Å²) < 4.78 is 15.6. The van der Waals surface area contributed by atoms with Crippen molar-refractivity contribution in [2.75, 3.05) is 18.9 Å². The summed E-state index contributed by atoms with van der Waals surface area (Å²) in [5.74, 6) is -0.0519. The van der Waals surface area contributed by atoms with E-state index in [0.29, 0.717) is 12.3 Å². The van der Waals surface area contributed by atoms with Crippen molar-refractivity contribution in [3.63, 3.8) is 0 Å². The highest BCUT2D eigenvalue weighted by Crippen LogP contribution is 2.20. The van der Waals surface area contributed by atoms with Crippen LogP contribution in [0.4, 0.5) is 5.88 Å². The van der Waals surface area contributed by atoms with Gasteiger partial charge < -0.3 is 19.6 Å². The first-order valence-corrected chi connectivity index (χ1v) is 6.24. The zero-order valence-corrected chi connectivity index (χ0v) is 10.5. The molecule has 0 saturated carbocycles. The van der Waals surface area contributed by atoms with Gasteiger partial charge in [-0.25, -0.2) is 9.78 Å². The number of carbonyl (C=O) groups is 1. The maximum absolute atomic E-state index is 11.5. The molecule has 1 fully saturated rings. The SMILES string of the molecule is CCOC(=O)c1nc(CCC2CCCO2)oc1N. The second-order valence-electron chi connectivity index (χ2n) is 4.21. The molecule has 100 valence electrons. The third-order valence-corrected chi connectivity index (χ3v) is 2.87. The molecule has 0 bridgehead atoms. The zero-order valence-electron chi connectivity index (χ0n) is 10.5. The van der Waals surface area contributed by atoms with Gasteiger partial charge in [0.1, 0.15) is 0 Å². The van der Waals surface area contributed by atoms with Crippen molar-refractivity contribution in [2.24, 2.45) is 0 Å². The Morgan fingerprint density at radius 2 is 2.44 bits per heavy atom. The van der Waals surface area contributed by atoms with Gasteiger partial charge in [0, 0.05) is 13.0 Å². The van der Waals surface area contributed by atoms with Crippen molar-refractivity contribution >= 4 is 11.9 Å². The third kappa shape index (κ3) is 3.01. The number of rotatable bonds is 5. The summed E-state index contributed by atoms with van der Waals surface area (Å²) in [6.07, 6.45) is 3.90. The molecule has 1 atom stereocenters. The van der Waals surface area contributed by atoms with E-state index < -0.39 is 5.97 Å². The molecule has 6 heteroatoms. The number of ether oxygens (including phenoxy) is 2. The van der Waals surface area contributed by atoms with Gasteiger partial charge in [0.2, 0.25) is 11.6 Å². The lowest BCUT2D eigenvalue weighted by molar-refractivity contribution is 0.0521. The number of aromatic nitrogens is 1. The van der Waals surface area contributed by atoms with E-state index in [1.165, 1.54) is 0 Å². The van der Waals surface area contributed by atoms with E-state index in [2.05, 4.69) is 4.98 Å². The lowest BCUT2D eigenvalue weighted by Gasteiger charge is -2.05. The van der Waals surface area contributed by atoms with E-state index in [1.807, 2.05) is 0 Å². The summed E-state index contributed by atoms with van der Waals surface area (Å²) in [6, 6.07) is 0. The fourth-order valence-electron chi connectivity index (χ4n) is 1.99. The number of carbonyl (C=O) groups excluding carboxylic acids is 1. The van der Waals surface area contributed by atoms with Gasteiger partial charge in [0.25, 0.3) is 0 Å². The summed E-state index contributed by atoms with van der Waals surface area (Å²) in [4.78, 5) is 15.6. The van der Waals surface area contributed by atoms with Gasteiger partial charge in [-0.1, -0.05) is 0 Å². The number of nitrogen functional groups attached to an aromatic ring is 1.